The second-order valence-corrected chi connectivity index (χ2v) is 5.42. The van der Waals surface area contributed by atoms with E-state index >= 15 is 0 Å². The van der Waals surface area contributed by atoms with Gasteiger partial charge in [-0.25, -0.2) is 4.79 Å². The van der Waals surface area contributed by atoms with Crippen molar-refractivity contribution in [1.29, 1.82) is 0 Å². The molecular weight excluding hydrogens is 244 g/mol. The Bertz CT molecular complexity index is 449. The van der Waals surface area contributed by atoms with E-state index in [0.717, 1.165) is 5.57 Å². The Morgan fingerprint density at radius 1 is 1.37 bits per heavy atom. The zero-order valence-corrected chi connectivity index (χ0v) is 11.1. The monoisotopic (exact) mass is 264 g/mol. The normalized spacial score (nSPS) is 39.3. The van der Waals surface area contributed by atoms with Crippen molar-refractivity contribution >= 4 is 5.97 Å². The molecular formula is C15H20O4. The molecule has 4 nitrogen and oxygen atoms in total. The first kappa shape index (κ1) is 14.0. The minimum atomic E-state index is -0.785. The van der Waals surface area contributed by atoms with Gasteiger partial charge < -0.3 is 14.9 Å². The van der Waals surface area contributed by atoms with Crippen LogP contribution < -0.4 is 0 Å². The number of allylic oxidation sites excluding steroid dienone is 1. The summed E-state index contributed by atoms with van der Waals surface area (Å²) >= 11 is 0. The number of ether oxygens (including phenoxy) is 1. The van der Waals surface area contributed by atoms with E-state index in [9.17, 15) is 15.0 Å². The molecule has 19 heavy (non-hydrogen) atoms. The molecule has 2 aliphatic rings. The van der Waals surface area contributed by atoms with Gasteiger partial charge >= 0.3 is 5.97 Å². The maximum atomic E-state index is 11.6. The molecule has 1 aliphatic carbocycles. The van der Waals surface area contributed by atoms with Crippen LogP contribution in [0, 0.1) is 5.92 Å². The Labute approximate surface area is 113 Å². The predicted octanol–water partition coefficient (Wildman–Crippen LogP) is 1.49. The molecule has 1 fully saturated rings. The van der Waals surface area contributed by atoms with Crippen molar-refractivity contribution in [2.45, 2.75) is 44.5 Å². The summed E-state index contributed by atoms with van der Waals surface area (Å²) in [4.78, 5) is 11.6. The van der Waals surface area contributed by atoms with Gasteiger partial charge in [0.1, 0.15) is 6.10 Å². The number of hydrogen-bond acceptors (Lipinski definition) is 4. The van der Waals surface area contributed by atoms with Crippen LogP contribution in [0.3, 0.4) is 0 Å². The smallest absolute Gasteiger partial charge is 0.334 e. The van der Waals surface area contributed by atoms with Crippen molar-refractivity contribution in [2.24, 2.45) is 5.92 Å². The molecule has 0 bridgehead atoms. The summed E-state index contributed by atoms with van der Waals surface area (Å²) in [6, 6.07) is 0. The molecule has 2 N–H and O–H groups in total. The number of esters is 1. The average molecular weight is 264 g/mol. The summed E-state index contributed by atoms with van der Waals surface area (Å²) in [5, 5.41) is 20.2. The van der Waals surface area contributed by atoms with Crippen LogP contribution in [0.1, 0.15) is 26.2 Å². The first-order valence-electron chi connectivity index (χ1n) is 6.51. The topological polar surface area (TPSA) is 66.8 Å². The van der Waals surface area contributed by atoms with Crippen LogP contribution in [0.2, 0.25) is 0 Å². The highest BCUT2D eigenvalue weighted by Gasteiger charge is 2.42. The van der Waals surface area contributed by atoms with Gasteiger partial charge in [-0.3, -0.25) is 0 Å². The van der Waals surface area contributed by atoms with E-state index < -0.39 is 30.2 Å². The van der Waals surface area contributed by atoms with Crippen molar-refractivity contribution in [3.8, 4) is 0 Å². The molecule has 1 aliphatic heterocycles. The molecule has 0 aromatic carbocycles. The summed E-state index contributed by atoms with van der Waals surface area (Å²) in [5.74, 6) is -0.925. The molecule has 0 unspecified atom stereocenters. The molecule has 0 aromatic heterocycles. The summed E-state index contributed by atoms with van der Waals surface area (Å²) < 4.78 is 5.23. The molecule has 0 saturated carbocycles. The van der Waals surface area contributed by atoms with Gasteiger partial charge in [0.15, 0.2) is 0 Å². The number of carbonyl (C=O) groups excluding carboxylic acids is 1. The molecule has 0 aromatic rings. The van der Waals surface area contributed by atoms with Crippen molar-refractivity contribution in [3.05, 3.63) is 36.0 Å². The molecule has 4 heteroatoms. The van der Waals surface area contributed by atoms with Gasteiger partial charge in [-0.05, 0) is 25.3 Å². The van der Waals surface area contributed by atoms with Crippen molar-refractivity contribution in [3.63, 3.8) is 0 Å². The van der Waals surface area contributed by atoms with E-state index in [1.807, 2.05) is 6.92 Å². The zero-order chi connectivity index (χ0) is 14.2. The number of aliphatic hydroxyl groups excluding tert-OH is 2. The highest BCUT2D eigenvalue weighted by molar-refractivity contribution is 5.91. The molecule has 1 saturated heterocycles. The fourth-order valence-corrected chi connectivity index (χ4v) is 2.68. The predicted molar refractivity (Wildman–Crippen MR) is 71.3 cm³/mol. The molecule has 1 heterocycles. The Morgan fingerprint density at radius 3 is 2.74 bits per heavy atom. The Morgan fingerprint density at radius 2 is 2.05 bits per heavy atom. The van der Waals surface area contributed by atoms with Gasteiger partial charge in [-0.2, -0.15) is 0 Å². The third-order valence-corrected chi connectivity index (χ3v) is 3.89. The molecule has 0 amide bonds. The first-order chi connectivity index (χ1) is 8.90. The summed E-state index contributed by atoms with van der Waals surface area (Å²) in [7, 11) is 0. The maximum Gasteiger partial charge on any atom is 0.334 e. The molecule has 0 spiro atoms. The van der Waals surface area contributed by atoms with Gasteiger partial charge in [0.2, 0.25) is 0 Å². The highest BCUT2D eigenvalue weighted by Crippen LogP contribution is 2.35. The van der Waals surface area contributed by atoms with Crippen LogP contribution in [0.15, 0.2) is 36.0 Å². The lowest BCUT2D eigenvalue weighted by molar-refractivity contribution is -0.139. The number of hydrogen-bond donors (Lipinski definition) is 2. The SMILES string of the molecule is C=C1C(=O)O[C@H]2CC(=C)[C@H](O)CC/C(C)=C\[C@@H](O)[C@@H]12. The molecule has 4 atom stereocenters. The van der Waals surface area contributed by atoms with Crippen molar-refractivity contribution < 1.29 is 19.7 Å². The highest BCUT2D eigenvalue weighted by atomic mass is 16.6. The molecule has 0 radical (unpaired) electrons. The second kappa shape index (κ2) is 5.31. The van der Waals surface area contributed by atoms with Crippen LogP contribution >= 0.6 is 0 Å². The number of rotatable bonds is 0. The van der Waals surface area contributed by atoms with Gasteiger partial charge in [-0.15, -0.1) is 0 Å². The quantitative estimate of drug-likeness (QED) is 0.395. The Kier molecular flexibility index (Phi) is 3.92. The second-order valence-electron chi connectivity index (χ2n) is 5.42. The Hall–Kier alpha value is -1.39. The number of fused-ring (bicyclic) bond motifs is 1. The van der Waals surface area contributed by atoms with Gasteiger partial charge in [-0.1, -0.05) is 24.8 Å². The van der Waals surface area contributed by atoms with Crippen molar-refractivity contribution in [2.75, 3.05) is 0 Å². The lowest BCUT2D eigenvalue weighted by atomic mass is 9.84. The van der Waals surface area contributed by atoms with Crippen molar-refractivity contribution in [1.82, 2.24) is 0 Å². The molecule has 2 rings (SSSR count). The minimum Gasteiger partial charge on any atom is -0.458 e. The van der Waals surface area contributed by atoms with Crippen LogP contribution in [0.25, 0.3) is 0 Å². The van der Waals surface area contributed by atoms with E-state index in [-0.39, 0.29) is 0 Å². The van der Waals surface area contributed by atoms with Crippen LogP contribution in [-0.2, 0) is 9.53 Å². The summed E-state index contributed by atoms with van der Waals surface area (Å²) in [6.07, 6.45) is 1.47. The van der Waals surface area contributed by atoms with Crippen LogP contribution in [-0.4, -0.2) is 34.5 Å². The third-order valence-electron chi connectivity index (χ3n) is 3.89. The summed E-state index contributed by atoms with van der Waals surface area (Å²) in [5.41, 5.74) is 1.91. The fourth-order valence-electron chi connectivity index (χ4n) is 2.68. The lowest BCUT2D eigenvalue weighted by Gasteiger charge is -2.25. The minimum absolute atomic E-state index is 0.296. The fraction of sp³-hybridized carbons (Fsp3) is 0.533. The molecule has 104 valence electrons. The zero-order valence-electron chi connectivity index (χ0n) is 11.1. The lowest BCUT2D eigenvalue weighted by Crippen LogP contribution is -2.30. The van der Waals surface area contributed by atoms with Crippen LogP contribution in [0.5, 0.6) is 0 Å². The standard InChI is InChI=1S/C15H20O4/c1-8-4-5-11(16)9(2)7-13-14(12(17)6-8)10(3)15(18)19-13/h6,11-14,16-17H,2-5,7H2,1H3/b8-6-/t11-,12-,13+,14-/m1/s1. The largest absolute Gasteiger partial charge is 0.458 e. The first-order valence-corrected chi connectivity index (χ1v) is 6.51. The van der Waals surface area contributed by atoms with E-state index in [1.165, 1.54) is 0 Å². The Balaban J connectivity index is 2.33. The number of carbonyl (C=O) groups is 1. The average Bonchev–Trinajstić information content (AvgIpc) is 2.60. The summed E-state index contributed by atoms with van der Waals surface area (Å²) in [6.45, 7) is 9.47. The number of aliphatic hydroxyl groups is 2. The van der Waals surface area contributed by atoms with Gasteiger partial charge in [0.25, 0.3) is 0 Å². The van der Waals surface area contributed by atoms with E-state index in [2.05, 4.69) is 13.2 Å². The third kappa shape index (κ3) is 2.80. The maximum absolute atomic E-state index is 11.6. The van der Waals surface area contributed by atoms with E-state index in [4.69, 9.17) is 4.74 Å². The van der Waals surface area contributed by atoms with Gasteiger partial charge in [0.05, 0.1) is 18.1 Å². The van der Waals surface area contributed by atoms with E-state index in [1.54, 1.807) is 6.08 Å². The van der Waals surface area contributed by atoms with E-state index in [0.29, 0.717) is 30.4 Å². The van der Waals surface area contributed by atoms with Gasteiger partial charge in [0, 0.05) is 12.0 Å². The van der Waals surface area contributed by atoms with Crippen LogP contribution in [0.4, 0.5) is 0 Å².